The second-order valence-corrected chi connectivity index (χ2v) is 6.18. The van der Waals surface area contributed by atoms with Gasteiger partial charge < -0.3 is 10.3 Å². The standard InChI is InChI=1S/C16H19N3O/c17-10-11-3-5-12(6-4-11)14-18-15(20-19-14)13-9-16(13)7-1-2-8-16/h3-6,13H,1-2,7-10,17H2. The second-order valence-electron chi connectivity index (χ2n) is 6.18. The van der Waals surface area contributed by atoms with Gasteiger partial charge in [-0.3, -0.25) is 0 Å². The van der Waals surface area contributed by atoms with E-state index in [9.17, 15) is 0 Å². The Balaban J connectivity index is 1.56. The van der Waals surface area contributed by atoms with Crippen molar-refractivity contribution in [1.29, 1.82) is 0 Å². The molecule has 4 heteroatoms. The van der Waals surface area contributed by atoms with Gasteiger partial charge in [0.15, 0.2) is 0 Å². The van der Waals surface area contributed by atoms with Gasteiger partial charge in [-0.15, -0.1) is 0 Å². The quantitative estimate of drug-likeness (QED) is 0.929. The first-order valence-electron chi connectivity index (χ1n) is 7.44. The first-order chi connectivity index (χ1) is 9.81. The molecule has 2 fully saturated rings. The summed E-state index contributed by atoms with van der Waals surface area (Å²) in [5.74, 6) is 2.04. The monoisotopic (exact) mass is 269 g/mol. The van der Waals surface area contributed by atoms with Crippen LogP contribution >= 0.6 is 0 Å². The van der Waals surface area contributed by atoms with E-state index in [1.54, 1.807) is 0 Å². The van der Waals surface area contributed by atoms with E-state index < -0.39 is 0 Å². The number of rotatable bonds is 3. The number of nitrogens with zero attached hydrogens (tertiary/aromatic N) is 2. The summed E-state index contributed by atoms with van der Waals surface area (Å²) in [5, 5.41) is 4.14. The minimum atomic E-state index is 0.507. The fourth-order valence-corrected chi connectivity index (χ4v) is 3.61. The minimum absolute atomic E-state index is 0.507. The predicted octanol–water partition coefficient (Wildman–Crippen LogP) is 3.24. The Bertz CT molecular complexity index is 611. The van der Waals surface area contributed by atoms with E-state index in [-0.39, 0.29) is 0 Å². The molecular weight excluding hydrogens is 250 g/mol. The maximum atomic E-state index is 5.61. The lowest BCUT2D eigenvalue weighted by Gasteiger charge is -2.03. The van der Waals surface area contributed by atoms with Crippen molar-refractivity contribution in [2.45, 2.75) is 44.6 Å². The molecular formula is C16H19N3O. The van der Waals surface area contributed by atoms with Crippen molar-refractivity contribution in [1.82, 2.24) is 10.1 Å². The van der Waals surface area contributed by atoms with Crippen LogP contribution in [0.3, 0.4) is 0 Å². The molecule has 2 aliphatic rings. The largest absolute Gasteiger partial charge is 0.339 e. The molecule has 2 N–H and O–H groups in total. The first kappa shape index (κ1) is 12.1. The van der Waals surface area contributed by atoms with Crippen molar-refractivity contribution in [3.8, 4) is 11.4 Å². The summed E-state index contributed by atoms with van der Waals surface area (Å²) >= 11 is 0. The number of hydrogen-bond acceptors (Lipinski definition) is 4. The molecule has 2 aliphatic carbocycles. The van der Waals surface area contributed by atoms with E-state index in [1.807, 2.05) is 24.3 Å². The van der Waals surface area contributed by atoms with Crippen LogP contribution < -0.4 is 5.73 Å². The Labute approximate surface area is 118 Å². The van der Waals surface area contributed by atoms with Gasteiger partial charge in [0.1, 0.15) is 0 Å². The van der Waals surface area contributed by atoms with E-state index in [1.165, 1.54) is 32.1 Å². The van der Waals surface area contributed by atoms with Crippen LogP contribution in [0, 0.1) is 5.41 Å². The molecule has 1 aromatic heterocycles. The first-order valence-corrected chi connectivity index (χ1v) is 7.44. The number of nitrogens with two attached hydrogens (primary N) is 1. The van der Waals surface area contributed by atoms with Crippen LogP contribution in [0.5, 0.6) is 0 Å². The van der Waals surface area contributed by atoms with Gasteiger partial charge in [0.2, 0.25) is 11.7 Å². The van der Waals surface area contributed by atoms with Crippen molar-refractivity contribution in [3.63, 3.8) is 0 Å². The van der Waals surface area contributed by atoms with Crippen molar-refractivity contribution >= 4 is 0 Å². The molecule has 0 bridgehead atoms. The molecule has 4 rings (SSSR count). The van der Waals surface area contributed by atoms with Crippen molar-refractivity contribution < 1.29 is 4.52 Å². The lowest BCUT2D eigenvalue weighted by Crippen LogP contribution is -1.96. The maximum Gasteiger partial charge on any atom is 0.230 e. The van der Waals surface area contributed by atoms with Crippen molar-refractivity contribution in [3.05, 3.63) is 35.7 Å². The molecule has 4 nitrogen and oxygen atoms in total. The van der Waals surface area contributed by atoms with E-state index in [0.717, 1.165) is 17.0 Å². The van der Waals surface area contributed by atoms with Gasteiger partial charge in [-0.1, -0.05) is 42.3 Å². The van der Waals surface area contributed by atoms with Gasteiger partial charge >= 0.3 is 0 Å². The third kappa shape index (κ3) is 1.86. The summed E-state index contributed by atoms with van der Waals surface area (Å²) in [6.07, 6.45) is 6.62. The van der Waals surface area contributed by atoms with Crippen molar-refractivity contribution in [2.75, 3.05) is 0 Å². The van der Waals surface area contributed by atoms with Crippen LogP contribution in [0.4, 0.5) is 0 Å². The zero-order valence-electron chi connectivity index (χ0n) is 11.5. The van der Waals surface area contributed by atoms with Crippen LogP contribution in [-0.4, -0.2) is 10.1 Å². The Morgan fingerprint density at radius 3 is 2.65 bits per heavy atom. The van der Waals surface area contributed by atoms with E-state index in [4.69, 9.17) is 10.3 Å². The summed E-state index contributed by atoms with van der Waals surface area (Å²) in [7, 11) is 0. The van der Waals surface area contributed by atoms with Gasteiger partial charge in [-0.2, -0.15) is 4.98 Å². The average molecular weight is 269 g/mol. The molecule has 20 heavy (non-hydrogen) atoms. The highest BCUT2D eigenvalue weighted by Crippen LogP contribution is 2.67. The third-order valence-corrected chi connectivity index (χ3v) is 4.98. The second kappa shape index (κ2) is 4.42. The lowest BCUT2D eigenvalue weighted by atomic mass is 10.0. The molecule has 1 unspecified atom stereocenters. The molecule has 0 radical (unpaired) electrons. The molecule has 0 aliphatic heterocycles. The smallest absolute Gasteiger partial charge is 0.230 e. The normalized spacial score (nSPS) is 23.4. The average Bonchev–Trinajstić information content (AvgIpc) is 2.86. The molecule has 1 spiro atoms. The Morgan fingerprint density at radius 1 is 1.20 bits per heavy atom. The van der Waals surface area contributed by atoms with Gasteiger partial charge in [-0.05, 0) is 30.2 Å². The summed E-state index contributed by atoms with van der Waals surface area (Å²) in [6.45, 7) is 0.558. The molecule has 1 aromatic carbocycles. The highest BCUT2D eigenvalue weighted by molar-refractivity contribution is 5.54. The fourth-order valence-electron chi connectivity index (χ4n) is 3.61. The van der Waals surface area contributed by atoms with Gasteiger partial charge in [0.05, 0.1) is 0 Å². The fraction of sp³-hybridized carbons (Fsp3) is 0.500. The van der Waals surface area contributed by atoms with Crippen molar-refractivity contribution in [2.24, 2.45) is 11.1 Å². The minimum Gasteiger partial charge on any atom is -0.339 e. The lowest BCUT2D eigenvalue weighted by molar-refractivity contribution is 0.360. The summed E-state index contributed by atoms with van der Waals surface area (Å²) < 4.78 is 5.50. The summed E-state index contributed by atoms with van der Waals surface area (Å²) in [5.41, 5.74) is 8.23. The molecule has 2 saturated carbocycles. The molecule has 104 valence electrons. The molecule has 2 aromatic rings. The summed E-state index contributed by atoms with van der Waals surface area (Å²) in [6, 6.07) is 8.05. The molecule has 0 saturated heterocycles. The molecule has 1 heterocycles. The molecule has 1 atom stereocenters. The van der Waals surface area contributed by atoms with E-state index >= 15 is 0 Å². The van der Waals surface area contributed by atoms with Gasteiger partial charge in [0, 0.05) is 18.0 Å². The maximum absolute atomic E-state index is 5.61. The van der Waals surface area contributed by atoms with Gasteiger partial charge in [0.25, 0.3) is 0 Å². The zero-order chi connectivity index (χ0) is 13.6. The highest BCUT2D eigenvalue weighted by atomic mass is 16.5. The van der Waals surface area contributed by atoms with Crippen LogP contribution in [0.1, 0.15) is 49.5 Å². The summed E-state index contributed by atoms with van der Waals surface area (Å²) in [4.78, 5) is 4.61. The highest BCUT2D eigenvalue weighted by Gasteiger charge is 2.58. The van der Waals surface area contributed by atoms with Gasteiger partial charge in [-0.25, -0.2) is 0 Å². The zero-order valence-corrected chi connectivity index (χ0v) is 11.5. The SMILES string of the molecule is NCc1ccc(-c2noc(C3CC34CCCC4)n2)cc1. The van der Waals surface area contributed by atoms with E-state index in [2.05, 4.69) is 10.1 Å². The predicted molar refractivity (Wildman–Crippen MR) is 75.9 cm³/mol. The Hall–Kier alpha value is -1.68. The van der Waals surface area contributed by atoms with Crippen LogP contribution in [0.15, 0.2) is 28.8 Å². The number of hydrogen-bond donors (Lipinski definition) is 1. The van der Waals surface area contributed by atoms with Crippen LogP contribution in [0.25, 0.3) is 11.4 Å². The molecule has 0 amide bonds. The van der Waals surface area contributed by atoms with E-state index in [0.29, 0.717) is 23.7 Å². The van der Waals surface area contributed by atoms with Crippen LogP contribution in [0.2, 0.25) is 0 Å². The Kier molecular flexibility index (Phi) is 2.67. The Morgan fingerprint density at radius 2 is 1.95 bits per heavy atom. The third-order valence-electron chi connectivity index (χ3n) is 4.98. The topological polar surface area (TPSA) is 64.9 Å². The number of benzene rings is 1. The number of aromatic nitrogens is 2. The van der Waals surface area contributed by atoms with Crippen LogP contribution in [-0.2, 0) is 6.54 Å².